The minimum absolute atomic E-state index is 0.0195. The Balaban J connectivity index is 1.63. The highest BCUT2D eigenvalue weighted by molar-refractivity contribution is 8.00. The molecule has 2 amide bonds. The average Bonchev–Trinajstić information content (AvgIpc) is 2.57. The van der Waals surface area contributed by atoms with Gasteiger partial charge in [-0.25, -0.2) is 0 Å². The summed E-state index contributed by atoms with van der Waals surface area (Å²) in [6, 6.07) is 7.92. The maximum absolute atomic E-state index is 12.0. The standard InChI is InChI=1S/C18H27N3O2S/c1-3-21-10-4-5-16(11-21)20-18(23)13-24-12-17(22)19-15-8-6-14(2)7-9-15/h6-9,16H,3-5,10-13H2,1-2H3,(H,19,22)(H,20,23)/t16-/m0/s1. The molecule has 6 heteroatoms. The van der Waals surface area contributed by atoms with Crippen LogP contribution in [0, 0.1) is 6.92 Å². The second-order valence-corrected chi connectivity index (χ2v) is 7.19. The number of hydrogen-bond donors (Lipinski definition) is 2. The van der Waals surface area contributed by atoms with E-state index in [1.807, 2.05) is 31.2 Å². The number of carbonyl (C=O) groups excluding carboxylic acids is 2. The van der Waals surface area contributed by atoms with Crippen LogP contribution < -0.4 is 10.6 Å². The number of thioether (sulfide) groups is 1. The van der Waals surface area contributed by atoms with Gasteiger partial charge in [-0.15, -0.1) is 11.8 Å². The van der Waals surface area contributed by atoms with Gasteiger partial charge in [0.25, 0.3) is 0 Å². The summed E-state index contributed by atoms with van der Waals surface area (Å²) < 4.78 is 0. The molecule has 132 valence electrons. The van der Waals surface area contributed by atoms with Crippen LogP contribution in [0.3, 0.4) is 0 Å². The van der Waals surface area contributed by atoms with Crippen LogP contribution in [0.1, 0.15) is 25.3 Å². The zero-order chi connectivity index (χ0) is 17.4. The summed E-state index contributed by atoms with van der Waals surface area (Å²) in [5.41, 5.74) is 1.95. The van der Waals surface area contributed by atoms with Crippen LogP contribution >= 0.6 is 11.8 Å². The second-order valence-electron chi connectivity index (χ2n) is 6.21. The van der Waals surface area contributed by atoms with Gasteiger partial charge in [0.05, 0.1) is 11.5 Å². The van der Waals surface area contributed by atoms with E-state index in [1.54, 1.807) is 0 Å². The summed E-state index contributed by atoms with van der Waals surface area (Å²) in [7, 11) is 0. The molecule has 0 bridgehead atoms. The quantitative estimate of drug-likeness (QED) is 0.793. The molecule has 1 saturated heterocycles. The van der Waals surface area contributed by atoms with Gasteiger partial charge in [-0.05, 0) is 45.0 Å². The molecule has 5 nitrogen and oxygen atoms in total. The molecule has 1 aromatic carbocycles. The van der Waals surface area contributed by atoms with E-state index in [0.717, 1.165) is 43.7 Å². The Morgan fingerprint density at radius 2 is 1.92 bits per heavy atom. The Kier molecular flexibility index (Phi) is 7.59. The van der Waals surface area contributed by atoms with Crippen LogP contribution in [-0.2, 0) is 9.59 Å². The van der Waals surface area contributed by atoms with Crippen molar-refractivity contribution in [3.05, 3.63) is 29.8 Å². The van der Waals surface area contributed by atoms with Crippen LogP contribution in [0.2, 0.25) is 0 Å². The van der Waals surface area contributed by atoms with Crippen molar-refractivity contribution in [3.63, 3.8) is 0 Å². The third-order valence-electron chi connectivity index (χ3n) is 4.12. The van der Waals surface area contributed by atoms with Crippen LogP contribution in [0.25, 0.3) is 0 Å². The van der Waals surface area contributed by atoms with Crippen molar-refractivity contribution in [1.29, 1.82) is 0 Å². The first-order valence-electron chi connectivity index (χ1n) is 8.53. The van der Waals surface area contributed by atoms with Crippen molar-refractivity contribution in [1.82, 2.24) is 10.2 Å². The van der Waals surface area contributed by atoms with E-state index in [4.69, 9.17) is 0 Å². The SMILES string of the molecule is CCN1CCC[C@H](NC(=O)CSCC(=O)Nc2ccc(C)cc2)C1. The number of nitrogens with one attached hydrogen (secondary N) is 2. The molecule has 0 unspecified atom stereocenters. The number of anilines is 1. The lowest BCUT2D eigenvalue weighted by molar-refractivity contribution is -0.119. The molecule has 1 aliphatic heterocycles. The van der Waals surface area contributed by atoms with Crippen LogP contribution in [-0.4, -0.2) is 53.9 Å². The Labute approximate surface area is 148 Å². The zero-order valence-electron chi connectivity index (χ0n) is 14.5. The predicted octanol–water partition coefficient (Wildman–Crippen LogP) is 2.27. The molecule has 1 aliphatic rings. The van der Waals surface area contributed by atoms with Gasteiger partial charge >= 0.3 is 0 Å². The lowest BCUT2D eigenvalue weighted by atomic mass is 10.1. The summed E-state index contributed by atoms with van der Waals surface area (Å²) in [4.78, 5) is 26.2. The summed E-state index contributed by atoms with van der Waals surface area (Å²) in [5.74, 6) is 0.550. The Bertz CT molecular complexity index is 548. The molecule has 0 saturated carbocycles. The monoisotopic (exact) mass is 349 g/mol. The van der Waals surface area contributed by atoms with Crippen molar-refractivity contribution in [2.75, 3.05) is 36.5 Å². The smallest absolute Gasteiger partial charge is 0.234 e. The fourth-order valence-corrected chi connectivity index (χ4v) is 3.43. The van der Waals surface area contributed by atoms with Gasteiger partial charge in [-0.2, -0.15) is 0 Å². The molecular weight excluding hydrogens is 322 g/mol. The molecule has 1 aromatic rings. The molecule has 2 rings (SSSR count). The summed E-state index contributed by atoms with van der Waals surface area (Å²) >= 11 is 1.35. The van der Waals surface area contributed by atoms with E-state index in [9.17, 15) is 9.59 Å². The number of carbonyl (C=O) groups is 2. The Morgan fingerprint density at radius 1 is 1.21 bits per heavy atom. The number of amides is 2. The zero-order valence-corrected chi connectivity index (χ0v) is 15.3. The Hall–Kier alpha value is -1.53. The third-order valence-corrected chi connectivity index (χ3v) is 5.05. The van der Waals surface area contributed by atoms with Gasteiger partial charge in [-0.3, -0.25) is 9.59 Å². The average molecular weight is 350 g/mol. The molecular formula is C18H27N3O2S. The van der Waals surface area contributed by atoms with Crippen molar-refractivity contribution in [2.45, 2.75) is 32.7 Å². The van der Waals surface area contributed by atoms with Gasteiger partial charge < -0.3 is 15.5 Å². The van der Waals surface area contributed by atoms with Gasteiger partial charge in [0.15, 0.2) is 0 Å². The van der Waals surface area contributed by atoms with Gasteiger partial charge in [0, 0.05) is 18.3 Å². The highest BCUT2D eigenvalue weighted by atomic mass is 32.2. The van der Waals surface area contributed by atoms with Crippen LogP contribution in [0.15, 0.2) is 24.3 Å². The maximum Gasteiger partial charge on any atom is 0.234 e. The van der Waals surface area contributed by atoms with E-state index < -0.39 is 0 Å². The lowest BCUT2D eigenvalue weighted by Crippen LogP contribution is -2.48. The first-order chi connectivity index (χ1) is 11.6. The van der Waals surface area contributed by atoms with Crippen molar-refractivity contribution in [2.24, 2.45) is 0 Å². The molecule has 2 N–H and O–H groups in total. The minimum atomic E-state index is -0.0773. The molecule has 1 fully saturated rings. The van der Waals surface area contributed by atoms with Crippen LogP contribution in [0.4, 0.5) is 5.69 Å². The minimum Gasteiger partial charge on any atom is -0.351 e. The van der Waals surface area contributed by atoms with E-state index in [0.29, 0.717) is 5.75 Å². The summed E-state index contributed by atoms with van der Waals surface area (Å²) in [5, 5.41) is 5.92. The fraction of sp³-hybridized carbons (Fsp3) is 0.556. The predicted molar refractivity (Wildman–Crippen MR) is 100 cm³/mol. The molecule has 1 atom stereocenters. The number of likely N-dealkylation sites (N-methyl/N-ethyl adjacent to an activating group) is 1. The summed E-state index contributed by atoms with van der Waals surface area (Å²) in [6.45, 7) is 7.23. The number of likely N-dealkylation sites (tertiary alicyclic amines) is 1. The van der Waals surface area contributed by atoms with Crippen molar-refractivity contribution in [3.8, 4) is 0 Å². The van der Waals surface area contributed by atoms with E-state index in [-0.39, 0.29) is 23.6 Å². The number of aryl methyl sites for hydroxylation is 1. The highest BCUT2D eigenvalue weighted by Gasteiger charge is 2.20. The molecule has 0 aliphatic carbocycles. The number of rotatable bonds is 7. The number of piperidine rings is 1. The molecule has 0 spiro atoms. The van der Waals surface area contributed by atoms with Gasteiger partial charge in [0.2, 0.25) is 11.8 Å². The van der Waals surface area contributed by atoms with Gasteiger partial charge in [0.1, 0.15) is 0 Å². The van der Waals surface area contributed by atoms with Crippen molar-refractivity contribution < 1.29 is 9.59 Å². The summed E-state index contributed by atoms with van der Waals surface area (Å²) in [6.07, 6.45) is 2.17. The largest absolute Gasteiger partial charge is 0.351 e. The Morgan fingerprint density at radius 3 is 2.62 bits per heavy atom. The second kappa shape index (κ2) is 9.69. The maximum atomic E-state index is 12.0. The van der Waals surface area contributed by atoms with Crippen molar-refractivity contribution >= 4 is 29.3 Å². The number of hydrogen-bond acceptors (Lipinski definition) is 4. The third kappa shape index (κ3) is 6.53. The highest BCUT2D eigenvalue weighted by Crippen LogP contribution is 2.11. The van der Waals surface area contributed by atoms with Gasteiger partial charge in [-0.1, -0.05) is 24.6 Å². The topological polar surface area (TPSA) is 61.4 Å². The first-order valence-corrected chi connectivity index (χ1v) is 9.68. The molecule has 24 heavy (non-hydrogen) atoms. The molecule has 1 heterocycles. The number of benzene rings is 1. The normalized spacial score (nSPS) is 18.2. The van der Waals surface area contributed by atoms with E-state index >= 15 is 0 Å². The van der Waals surface area contributed by atoms with Crippen LogP contribution in [0.5, 0.6) is 0 Å². The number of nitrogens with zero attached hydrogens (tertiary/aromatic N) is 1. The van der Waals surface area contributed by atoms with E-state index in [2.05, 4.69) is 22.5 Å². The van der Waals surface area contributed by atoms with E-state index in [1.165, 1.54) is 11.8 Å². The lowest BCUT2D eigenvalue weighted by Gasteiger charge is -2.32. The first kappa shape index (κ1) is 18.8. The fourth-order valence-electron chi connectivity index (χ4n) is 2.80. The molecule has 0 aromatic heterocycles. The molecule has 0 radical (unpaired) electrons.